The zero-order valence-electron chi connectivity index (χ0n) is 14.0. The molecular formula is C18H19ClFNO3S. The molecule has 7 heteroatoms. The molecule has 0 N–H and O–H groups in total. The van der Waals surface area contributed by atoms with Crippen LogP contribution in [0.4, 0.5) is 4.39 Å². The maximum Gasteiger partial charge on any atom is 0.237 e. The van der Waals surface area contributed by atoms with Gasteiger partial charge < -0.3 is 4.90 Å². The van der Waals surface area contributed by atoms with Gasteiger partial charge in [0.1, 0.15) is 11.6 Å². The minimum absolute atomic E-state index is 0.0315. The summed E-state index contributed by atoms with van der Waals surface area (Å²) in [5, 5.41) is 0.0315. The standard InChI is InChI=1S/C18H19ClFNO3S/c1-13-6-8-14(9-7-13)10-21(2)18(22)12-25(23,24)11-15-16(19)4-3-5-17(15)20/h3-9H,10-12H2,1-2H3. The van der Waals surface area contributed by atoms with E-state index in [1.165, 1.54) is 24.1 Å². The molecule has 0 aliphatic carbocycles. The van der Waals surface area contributed by atoms with Crippen LogP contribution in [0, 0.1) is 12.7 Å². The molecule has 0 bridgehead atoms. The average molecular weight is 384 g/mol. The van der Waals surface area contributed by atoms with Gasteiger partial charge in [0.2, 0.25) is 5.91 Å². The van der Waals surface area contributed by atoms with Gasteiger partial charge in [-0.2, -0.15) is 0 Å². The molecule has 25 heavy (non-hydrogen) atoms. The highest BCUT2D eigenvalue weighted by atomic mass is 35.5. The predicted octanol–water partition coefficient (Wildman–Crippen LogP) is 3.36. The lowest BCUT2D eigenvalue weighted by Gasteiger charge is -2.17. The molecule has 0 aliphatic heterocycles. The van der Waals surface area contributed by atoms with Crippen molar-refractivity contribution in [2.75, 3.05) is 12.8 Å². The number of halogens is 2. The van der Waals surface area contributed by atoms with Crippen LogP contribution in [0.25, 0.3) is 0 Å². The van der Waals surface area contributed by atoms with Crippen molar-refractivity contribution >= 4 is 27.3 Å². The fraction of sp³-hybridized carbons (Fsp3) is 0.278. The Labute approximate surface area is 152 Å². The number of hydrogen-bond acceptors (Lipinski definition) is 3. The van der Waals surface area contributed by atoms with E-state index >= 15 is 0 Å². The number of carbonyl (C=O) groups excluding carboxylic acids is 1. The van der Waals surface area contributed by atoms with Gasteiger partial charge in [-0.3, -0.25) is 4.79 Å². The van der Waals surface area contributed by atoms with Crippen molar-refractivity contribution in [2.24, 2.45) is 0 Å². The molecule has 0 aromatic heterocycles. The Morgan fingerprint density at radius 3 is 2.40 bits per heavy atom. The lowest BCUT2D eigenvalue weighted by molar-refractivity contribution is -0.127. The number of benzene rings is 2. The second kappa shape index (κ2) is 7.97. The van der Waals surface area contributed by atoms with Crippen LogP contribution in [-0.4, -0.2) is 32.0 Å². The van der Waals surface area contributed by atoms with Crippen LogP contribution in [-0.2, 0) is 26.9 Å². The first-order valence-electron chi connectivity index (χ1n) is 7.61. The van der Waals surface area contributed by atoms with Gasteiger partial charge in [0, 0.05) is 24.2 Å². The van der Waals surface area contributed by atoms with Crippen LogP contribution in [0.2, 0.25) is 5.02 Å². The molecule has 0 aliphatic rings. The SMILES string of the molecule is Cc1ccc(CN(C)C(=O)CS(=O)(=O)Cc2c(F)cccc2Cl)cc1. The summed E-state index contributed by atoms with van der Waals surface area (Å²) in [6, 6.07) is 11.6. The van der Waals surface area contributed by atoms with E-state index in [-0.39, 0.29) is 10.6 Å². The van der Waals surface area contributed by atoms with Crippen molar-refractivity contribution in [1.29, 1.82) is 0 Å². The third-order valence-corrected chi connectivity index (χ3v) is 5.50. The summed E-state index contributed by atoms with van der Waals surface area (Å²) in [4.78, 5) is 13.5. The highest BCUT2D eigenvalue weighted by Gasteiger charge is 2.23. The molecule has 2 rings (SSSR count). The first-order chi connectivity index (χ1) is 11.7. The van der Waals surface area contributed by atoms with Crippen molar-refractivity contribution < 1.29 is 17.6 Å². The number of aryl methyl sites for hydroxylation is 1. The van der Waals surface area contributed by atoms with Gasteiger partial charge >= 0.3 is 0 Å². The van der Waals surface area contributed by atoms with Gasteiger partial charge in [-0.1, -0.05) is 47.5 Å². The van der Waals surface area contributed by atoms with Gasteiger partial charge in [0.15, 0.2) is 9.84 Å². The molecule has 0 saturated heterocycles. The molecular weight excluding hydrogens is 365 g/mol. The van der Waals surface area contributed by atoms with E-state index in [1.807, 2.05) is 31.2 Å². The molecule has 0 atom stereocenters. The fourth-order valence-electron chi connectivity index (χ4n) is 2.30. The number of rotatable bonds is 6. The molecule has 0 unspecified atom stereocenters. The molecule has 2 aromatic carbocycles. The number of sulfone groups is 1. The van der Waals surface area contributed by atoms with Crippen molar-refractivity contribution in [3.63, 3.8) is 0 Å². The number of hydrogen-bond donors (Lipinski definition) is 0. The minimum Gasteiger partial charge on any atom is -0.341 e. The molecule has 0 fully saturated rings. The van der Waals surface area contributed by atoms with Crippen LogP contribution in [0.3, 0.4) is 0 Å². The summed E-state index contributed by atoms with van der Waals surface area (Å²) in [5.74, 6) is -2.55. The third-order valence-electron chi connectivity index (χ3n) is 3.74. The lowest BCUT2D eigenvalue weighted by atomic mass is 10.1. The van der Waals surface area contributed by atoms with Crippen molar-refractivity contribution in [3.05, 3.63) is 70.0 Å². The van der Waals surface area contributed by atoms with E-state index in [2.05, 4.69) is 0 Å². The van der Waals surface area contributed by atoms with Gasteiger partial charge in [-0.05, 0) is 24.6 Å². The molecule has 4 nitrogen and oxygen atoms in total. The molecule has 1 amide bonds. The van der Waals surface area contributed by atoms with Gasteiger partial charge in [0.25, 0.3) is 0 Å². The number of nitrogens with zero attached hydrogens (tertiary/aromatic N) is 1. The highest BCUT2D eigenvalue weighted by Crippen LogP contribution is 2.21. The van der Waals surface area contributed by atoms with Crippen LogP contribution in [0.5, 0.6) is 0 Å². The Kier molecular flexibility index (Phi) is 6.19. The monoisotopic (exact) mass is 383 g/mol. The maximum absolute atomic E-state index is 13.8. The van der Waals surface area contributed by atoms with E-state index in [0.717, 1.165) is 17.2 Å². The minimum atomic E-state index is -3.84. The molecule has 0 heterocycles. The molecule has 0 radical (unpaired) electrons. The van der Waals surface area contributed by atoms with Gasteiger partial charge in [0.05, 0.1) is 5.75 Å². The summed E-state index contributed by atoms with van der Waals surface area (Å²) in [6.45, 7) is 2.26. The van der Waals surface area contributed by atoms with Crippen LogP contribution >= 0.6 is 11.6 Å². The summed E-state index contributed by atoms with van der Waals surface area (Å²) in [5.41, 5.74) is 1.89. The Morgan fingerprint density at radius 2 is 1.80 bits per heavy atom. The van der Waals surface area contributed by atoms with E-state index in [4.69, 9.17) is 11.6 Å². The van der Waals surface area contributed by atoms with Crippen molar-refractivity contribution in [2.45, 2.75) is 19.2 Å². The van der Waals surface area contributed by atoms with Crippen LogP contribution < -0.4 is 0 Å². The molecule has 0 spiro atoms. The Bertz CT molecular complexity index is 846. The Balaban J connectivity index is 2.04. The molecule has 0 saturated carbocycles. The quantitative estimate of drug-likeness (QED) is 0.768. The topological polar surface area (TPSA) is 54.5 Å². The van der Waals surface area contributed by atoms with E-state index in [0.29, 0.717) is 6.54 Å². The van der Waals surface area contributed by atoms with Crippen LogP contribution in [0.1, 0.15) is 16.7 Å². The number of amides is 1. The number of carbonyl (C=O) groups is 1. The predicted molar refractivity (Wildman–Crippen MR) is 96.6 cm³/mol. The first kappa shape index (κ1) is 19.4. The Morgan fingerprint density at radius 1 is 1.16 bits per heavy atom. The normalized spacial score (nSPS) is 11.4. The summed E-state index contributed by atoms with van der Waals surface area (Å²) < 4.78 is 38.2. The second-order valence-corrected chi connectivity index (χ2v) is 8.44. The van der Waals surface area contributed by atoms with Crippen molar-refractivity contribution in [1.82, 2.24) is 4.90 Å². The van der Waals surface area contributed by atoms with E-state index < -0.39 is 33.1 Å². The van der Waals surface area contributed by atoms with Crippen molar-refractivity contribution in [3.8, 4) is 0 Å². The second-order valence-electron chi connectivity index (χ2n) is 5.97. The lowest BCUT2D eigenvalue weighted by Crippen LogP contribution is -2.32. The van der Waals surface area contributed by atoms with Crippen LogP contribution in [0.15, 0.2) is 42.5 Å². The van der Waals surface area contributed by atoms with E-state index in [1.54, 1.807) is 0 Å². The Hall–Kier alpha value is -1.92. The zero-order valence-corrected chi connectivity index (χ0v) is 15.6. The highest BCUT2D eigenvalue weighted by molar-refractivity contribution is 7.91. The first-order valence-corrected chi connectivity index (χ1v) is 9.81. The zero-order chi connectivity index (χ0) is 18.6. The molecule has 2 aromatic rings. The average Bonchev–Trinajstić information content (AvgIpc) is 2.53. The maximum atomic E-state index is 13.8. The van der Waals surface area contributed by atoms with E-state index in [9.17, 15) is 17.6 Å². The van der Waals surface area contributed by atoms with Gasteiger partial charge in [-0.25, -0.2) is 12.8 Å². The van der Waals surface area contributed by atoms with Gasteiger partial charge in [-0.15, -0.1) is 0 Å². The summed E-state index contributed by atoms with van der Waals surface area (Å²) >= 11 is 5.85. The third kappa shape index (κ3) is 5.54. The molecule has 134 valence electrons. The summed E-state index contributed by atoms with van der Waals surface area (Å²) in [7, 11) is -2.30. The largest absolute Gasteiger partial charge is 0.341 e. The smallest absolute Gasteiger partial charge is 0.237 e. The fourth-order valence-corrected chi connectivity index (χ4v) is 4.04. The summed E-state index contributed by atoms with van der Waals surface area (Å²) in [6.07, 6.45) is 0.